The number of nitrogens with one attached hydrogen (secondary N) is 2. The second kappa shape index (κ2) is 8.58. The zero-order valence-corrected chi connectivity index (χ0v) is 13.9. The summed E-state index contributed by atoms with van der Waals surface area (Å²) in [5.74, 6) is -2.41. The van der Waals surface area contributed by atoms with Crippen molar-refractivity contribution in [1.82, 2.24) is 9.97 Å². The number of carbonyl (C=O) groups is 1. The van der Waals surface area contributed by atoms with Crippen LogP contribution in [0.4, 0.5) is 14.5 Å². The number of halogens is 2. The van der Waals surface area contributed by atoms with Crippen molar-refractivity contribution < 1.29 is 13.6 Å². The molecular formula is C16H17F2N3O2S. The third-order valence-electron chi connectivity index (χ3n) is 3.13. The molecule has 2 aromatic rings. The van der Waals surface area contributed by atoms with Gasteiger partial charge in [-0.3, -0.25) is 9.59 Å². The molecule has 1 aromatic heterocycles. The summed E-state index contributed by atoms with van der Waals surface area (Å²) in [7, 11) is 0. The van der Waals surface area contributed by atoms with E-state index in [0.717, 1.165) is 36.7 Å². The largest absolute Gasteiger partial charge is 0.320 e. The maximum Gasteiger partial charge on any atom is 0.251 e. The average Bonchev–Trinajstić information content (AvgIpc) is 2.54. The van der Waals surface area contributed by atoms with Crippen molar-refractivity contribution in [3.63, 3.8) is 0 Å². The van der Waals surface area contributed by atoms with Crippen LogP contribution in [0.3, 0.4) is 0 Å². The number of amides is 1. The number of thioether (sulfide) groups is 1. The maximum atomic E-state index is 13.5. The van der Waals surface area contributed by atoms with Crippen LogP contribution in [-0.4, -0.2) is 21.6 Å². The van der Waals surface area contributed by atoms with Crippen molar-refractivity contribution >= 4 is 23.4 Å². The molecule has 0 aliphatic rings. The zero-order chi connectivity index (χ0) is 17.5. The summed E-state index contributed by atoms with van der Waals surface area (Å²) >= 11 is 0.998. The SMILES string of the molecule is CCCCc1cc(=O)[nH]c(SCC(=O)Nc2c(F)cccc2F)n1. The normalized spacial score (nSPS) is 10.6. The number of H-pyrrole nitrogens is 1. The van der Waals surface area contributed by atoms with E-state index in [4.69, 9.17) is 0 Å². The topological polar surface area (TPSA) is 74.8 Å². The Hall–Kier alpha value is -2.22. The molecular weight excluding hydrogens is 336 g/mol. The Balaban J connectivity index is 1.99. The van der Waals surface area contributed by atoms with E-state index in [2.05, 4.69) is 15.3 Å². The van der Waals surface area contributed by atoms with Gasteiger partial charge in [-0.15, -0.1) is 0 Å². The molecule has 0 spiro atoms. The van der Waals surface area contributed by atoms with Gasteiger partial charge in [-0.25, -0.2) is 13.8 Å². The molecule has 1 aromatic carbocycles. The number of carbonyl (C=O) groups excluding carboxylic acids is 1. The predicted molar refractivity (Wildman–Crippen MR) is 89.2 cm³/mol. The Bertz CT molecular complexity index is 760. The molecule has 0 atom stereocenters. The number of unbranched alkanes of at least 4 members (excludes halogenated alkanes) is 1. The molecule has 0 aliphatic carbocycles. The van der Waals surface area contributed by atoms with Crippen LogP contribution in [0.1, 0.15) is 25.5 Å². The summed E-state index contributed by atoms with van der Waals surface area (Å²) in [5, 5.41) is 2.49. The molecule has 8 heteroatoms. The Morgan fingerprint density at radius 2 is 2.04 bits per heavy atom. The lowest BCUT2D eigenvalue weighted by Gasteiger charge is -2.07. The molecule has 5 nitrogen and oxygen atoms in total. The highest BCUT2D eigenvalue weighted by atomic mass is 32.2. The summed E-state index contributed by atoms with van der Waals surface area (Å²) in [6.07, 6.45) is 2.57. The third-order valence-corrected chi connectivity index (χ3v) is 4.00. The Morgan fingerprint density at radius 1 is 1.33 bits per heavy atom. The molecule has 0 saturated carbocycles. The van der Waals surface area contributed by atoms with Crippen LogP contribution in [-0.2, 0) is 11.2 Å². The molecule has 2 N–H and O–H groups in total. The summed E-state index contributed by atoms with van der Waals surface area (Å²) in [5.41, 5.74) is -0.121. The second-order valence-electron chi connectivity index (χ2n) is 5.08. The number of aromatic amines is 1. The predicted octanol–water partition coefficient (Wildman–Crippen LogP) is 3.12. The highest BCUT2D eigenvalue weighted by Crippen LogP contribution is 2.19. The Morgan fingerprint density at radius 3 is 2.71 bits per heavy atom. The van der Waals surface area contributed by atoms with Gasteiger partial charge in [-0.1, -0.05) is 31.2 Å². The van der Waals surface area contributed by atoms with E-state index in [1.165, 1.54) is 12.1 Å². The minimum atomic E-state index is -0.846. The monoisotopic (exact) mass is 353 g/mol. The van der Waals surface area contributed by atoms with Crippen LogP contribution >= 0.6 is 11.8 Å². The first-order valence-electron chi connectivity index (χ1n) is 7.46. The maximum absolute atomic E-state index is 13.5. The lowest BCUT2D eigenvalue weighted by Crippen LogP contribution is -2.17. The van der Waals surface area contributed by atoms with Crippen molar-refractivity contribution in [1.29, 1.82) is 0 Å². The highest BCUT2D eigenvalue weighted by Gasteiger charge is 2.13. The molecule has 24 heavy (non-hydrogen) atoms. The van der Waals surface area contributed by atoms with Gasteiger partial charge in [-0.05, 0) is 25.0 Å². The van der Waals surface area contributed by atoms with Gasteiger partial charge in [0, 0.05) is 11.8 Å². The van der Waals surface area contributed by atoms with Crippen LogP contribution in [0.2, 0.25) is 0 Å². The number of benzene rings is 1. The van der Waals surface area contributed by atoms with Crippen molar-refractivity contribution in [2.75, 3.05) is 11.1 Å². The zero-order valence-electron chi connectivity index (χ0n) is 13.1. The number of rotatable bonds is 7. The lowest BCUT2D eigenvalue weighted by atomic mass is 10.2. The van der Waals surface area contributed by atoms with Gasteiger partial charge in [0.1, 0.15) is 17.3 Å². The minimum absolute atomic E-state index is 0.131. The molecule has 1 amide bonds. The number of para-hydroxylation sites is 1. The van der Waals surface area contributed by atoms with Crippen molar-refractivity contribution in [2.24, 2.45) is 0 Å². The van der Waals surface area contributed by atoms with E-state index in [-0.39, 0.29) is 11.3 Å². The van der Waals surface area contributed by atoms with Crippen LogP contribution in [0.25, 0.3) is 0 Å². The molecule has 0 unspecified atom stereocenters. The number of hydrogen-bond donors (Lipinski definition) is 2. The van der Waals surface area contributed by atoms with Crippen LogP contribution in [0.5, 0.6) is 0 Å². The molecule has 0 aliphatic heterocycles. The average molecular weight is 353 g/mol. The van der Waals surface area contributed by atoms with Crippen molar-refractivity contribution in [3.05, 3.63) is 51.9 Å². The van der Waals surface area contributed by atoms with E-state index < -0.39 is 23.2 Å². The number of aromatic nitrogens is 2. The van der Waals surface area contributed by atoms with Crippen LogP contribution < -0.4 is 10.9 Å². The summed E-state index contributed by atoms with van der Waals surface area (Å²) in [6, 6.07) is 4.75. The van der Waals surface area contributed by atoms with Crippen LogP contribution in [0, 0.1) is 11.6 Å². The fraction of sp³-hybridized carbons (Fsp3) is 0.312. The van der Waals surface area contributed by atoms with E-state index in [9.17, 15) is 18.4 Å². The lowest BCUT2D eigenvalue weighted by molar-refractivity contribution is -0.113. The van der Waals surface area contributed by atoms with Gasteiger partial charge in [0.15, 0.2) is 5.16 Å². The fourth-order valence-corrected chi connectivity index (χ4v) is 2.66. The molecule has 128 valence electrons. The Labute approximate surface area is 141 Å². The molecule has 0 saturated heterocycles. The van der Waals surface area contributed by atoms with E-state index >= 15 is 0 Å². The minimum Gasteiger partial charge on any atom is -0.320 e. The fourth-order valence-electron chi connectivity index (χ4n) is 1.96. The van der Waals surface area contributed by atoms with Crippen LogP contribution in [0.15, 0.2) is 34.2 Å². The second-order valence-corrected chi connectivity index (χ2v) is 6.04. The van der Waals surface area contributed by atoms with Gasteiger partial charge in [-0.2, -0.15) is 0 Å². The summed E-state index contributed by atoms with van der Waals surface area (Å²) in [4.78, 5) is 30.2. The summed E-state index contributed by atoms with van der Waals surface area (Å²) in [6.45, 7) is 2.04. The van der Waals surface area contributed by atoms with Gasteiger partial charge in [0.05, 0.1) is 5.75 Å². The number of anilines is 1. The van der Waals surface area contributed by atoms with Gasteiger partial charge >= 0.3 is 0 Å². The first-order chi connectivity index (χ1) is 11.5. The first-order valence-corrected chi connectivity index (χ1v) is 8.45. The highest BCUT2D eigenvalue weighted by molar-refractivity contribution is 7.99. The number of hydrogen-bond acceptors (Lipinski definition) is 4. The standard InChI is InChI=1S/C16H17F2N3O2S/c1-2-3-5-10-8-13(22)21-16(19-10)24-9-14(23)20-15-11(17)6-4-7-12(15)18/h4,6-8H,2-3,5,9H2,1H3,(H,20,23)(H,19,21,22). The molecule has 0 bridgehead atoms. The van der Waals surface area contributed by atoms with E-state index in [1.54, 1.807) is 0 Å². The first kappa shape index (κ1) is 18.1. The summed E-state index contributed by atoms with van der Waals surface area (Å²) < 4.78 is 27.0. The number of nitrogens with zero attached hydrogens (tertiary/aromatic N) is 1. The van der Waals surface area contributed by atoms with Crippen molar-refractivity contribution in [2.45, 2.75) is 31.3 Å². The molecule has 0 fully saturated rings. The van der Waals surface area contributed by atoms with Gasteiger partial charge in [0.25, 0.3) is 5.56 Å². The van der Waals surface area contributed by atoms with E-state index in [0.29, 0.717) is 17.3 Å². The van der Waals surface area contributed by atoms with Crippen molar-refractivity contribution in [3.8, 4) is 0 Å². The van der Waals surface area contributed by atoms with Gasteiger partial charge < -0.3 is 10.3 Å². The molecule has 0 radical (unpaired) electrons. The quantitative estimate of drug-likeness (QED) is 0.592. The third kappa shape index (κ3) is 5.16. The van der Waals surface area contributed by atoms with Gasteiger partial charge in [0.2, 0.25) is 5.91 Å². The smallest absolute Gasteiger partial charge is 0.251 e. The molecule has 1 heterocycles. The van der Waals surface area contributed by atoms with E-state index in [1.807, 2.05) is 6.92 Å². The number of aryl methyl sites for hydroxylation is 1. The molecule has 2 rings (SSSR count). The Kier molecular flexibility index (Phi) is 6.48.